The van der Waals surface area contributed by atoms with Crippen LogP contribution >= 0.6 is 0 Å². The number of unbranched alkanes of at least 4 members (excludes halogenated alkanes) is 26. The van der Waals surface area contributed by atoms with E-state index in [-0.39, 0.29) is 0 Å². The molecule has 0 spiro atoms. The van der Waals surface area contributed by atoms with Gasteiger partial charge >= 0.3 is 5.97 Å². The van der Waals surface area contributed by atoms with Gasteiger partial charge in [-0.3, -0.25) is 4.79 Å². The third kappa shape index (κ3) is 40.6. The van der Waals surface area contributed by atoms with E-state index >= 15 is 0 Å². The SMILES string of the molecule is CCCCCCCCCCCCCCCCCC(=O)O.CCCCCCCCCCCCCCCN. The lowest BCUT2D eigenvalue weighted by atomic mass is 10.0. The molecule has 218 valence electrons. The Bertz CT molecular complexity index is 372. The van der Waals surface area contributed by atoms with E-state index in [1.807, 2.05) is 0 Å². The first-order valence-electron chi connectivity index (χ1n) is 16.6. The van der Waals surface area contributed by atoms with Gasteiger partial charge in [-0.2, -0.15) is 0 Å². The van der Waals surface area contributed by atoms with E-state index in [9.17, 15) is 4.79 Å². The van der Waals surface area contributed by atoms with Gasteiger partial charge in [0.25, 0.3) is 0 Å². The van der Waals surface area contributed by atoms with Crippen LogP contribution in [0.15, 0.2) is 0 Å². The van der Waals surface area contributed by atoms with Crippen LogP contribution in [0.3, 0.4) is 0 Å². The third-order valence-corrected chi connectivity index (χ3v) is 7.30. The Morgan fingerprint density at radius 2 is 0.639 bits per heavy atom. The molecule has 0 radical (unpaired) electrons. The minimum absolute atomic E-state index is 0.345. The summed E-state index contributed by atoms with van der Waals surface area (Å²) in [4.78, 5) is 10.3. The predicted molar refractivity (Wildman–Crippen MR) is 162 cm³/mol. The normalized spacial score (nSPS) is 10.9. The van der Waals surface area contributed by atoms with E-state index < -0.39 is 5.97 Å². The summed E-state index contributed by atoms with van der Waals surface area (Å²) in [5.41, 5.74) is 5.46. The molecule has 0 aromatic rings. The highest BCUT2D eigenvalue weighted by atomic mass is 16.4. The molecule has 0 aliphatic rings. The van der Waals surface area contributed by atoms with Gasteiger partial charge in [-0.25, -0.2) is 0 Å². The van der Waals surface area contributed by atoms with Crippen molar-refractivity contribution in [2.75, 3.05) is 6.54 Å². The van der Waals surface area contributed by atoms with Crippen molar-refractivity contribution < 1.29 is 9.90 Å². The molecule has 0 aliphatic carbocycles. The maximum atomic E-state index is 10.3. The summed E-state index contributed by atoms with van der Waals surface area (Å²) in [6, 6.07) is 0. The molecule has 0 heterocycles. The molecule has 36 heavy (non-hydrogen) atoms. The standard InChI is InChI=1S/C18H36O2.C15H33N/c1-2-3-4-5-6-7-8-9-10-11-12-13-14-15-16-17-18(19)20;1-2-3-4-5-6-7-8-9-10-11-12-13-14-15-16/h2-17H2,1H3,(H,19,20);2-16H2,1H3. The van der Waals surface area contributed by atoms with E-state index in [4.69, 9.17) is 10.8 Å². The van der Waals surface area contributed by atoms with E-state index in [1.54, 1.807) is 0 Å². The zero-order valence-corrected chi connectivity index (χ0v) is 25.1. The van der Waals surface area contributed by atoms with E-state index in [2.05, 4.69) is 13.8 Å². The predicted octanol–water partition coefficient (Wildman–Crippen LogP) is 11.4. The van der Waals surface area contributed by atoms with Crippen LogP contribution < -0.4 is 5.73 Å². The van der Waals surface area contributed by atoms with Crippen LogP contribution in [0, 0.1) is 0 Å². The van der Waals surface area contributed by atoms with Crippen LogP contribution in [-0.4, -0.2) is 17.6 Å². The second kappa shape index (κ2) is 36.6. The molecule has 3 nitrogen and oxygen atoms in total. The van der Waals surface area contributed by atoms with E-state index in [0.29, 0.717) is 6.42 Å². The number of nitrogens with two attached hydrogens (primary N) is 1. The number of aliphatic carboxylic acids is 1. The maximum Gasteiger partial charge on any atom is 0.303 e. The summed E-state index contributed by atoms with van der Waals surface area (Å²) in [5.74, 6) is -0.653. The Balaban J connectivity index is 0. The number of carbonyl (C=O) groups is 1. The van der Waals surface area contributed by atoms with Gasteiger partial charge in [0, 0.05) is 6.42 Å². The summed E-state index contributed by atoms with van der Waals surface area (Å²) < 4.78 is 0. The van der Waals surface area contributed by atoms with Gasteiger partial charge < -0.3 is 10.8 Å². The van der Waals surface area contributed by atoms with Crippen molar-refractivity contribution in [2.45, 2.75) is 200 Å². The van der Waals surface area contributed by atoms with Gasteiger partial charge in [0.15, 0.2) is 0 Å². The highest BCUT2D eigenvalue weighted by molar-refractivity contribution is 5.66. The Kier molecular flexibility index (Phi) is 38.2. The van der Waals surface area contributed by atoms with Crippen LogP contribution in [0.1, 0.15) is 200 Å². The molecule has 3 N–H and O–H groups in total. The molecule has 0 saturated carbocycles. The lowest BCUT2D eigenvalue weighted by Crippen LogP contribution is -1.97. The molecule has 0 bridgehead atoms. The average molecular weight is 512 g/mol. The van der Waals surface area contributed by atoms with Gasteiger partial charge in [0.05, 0.1) is 0 Å². The Morgan fingerprint density at radius 1 is 0.417 bits per heavy atom. The van der Waals surface area contributed by atoms with Crippen LogP contribution in [0.2, 0.25) is 0 Å². The number of rotatable bonds is 29. The van der Waals surface area contributed by atoms with E-state index in [1.165, 1.54) is 167 Å². The zero-order valence-electron chi connectivity index (χ0n) is 25.1. The van der Waals surface area contributed by atoms with Crippen LogP contribution in [0.25, 0.3) is 0 Å². The summed E-state index contributed by atoms with van der Waals surface area (Å²) >= 11 is 0. The zero-order chi connectivity index (χ0) is 26.8. The minimum Gasteiger partial charge on any atom is -0.481 e. The Morgan fingerprint density at radius 3 is 0.861 bits per heavy atom. The fourth-order valence-electron chi connectivity index (χ4n) is 4.81. The maximum absolute atomic E-state index is 10.3. The number of carboxylic acid groups (broad SMARTS) is 1. The monoisotopic (exact) mass is 512 g/mol. The highest BCUT2D eigenvalue weighted by Crippen LogP contribution is 2.14. The number of hydrogen-bond donors (Lipinski definition) is 2. The van der Waals surface area contributed by atoms with Crippen molar-refractivity contribution in [3.63, 3.8) is 0 Å². The molecule has 0 rings (SSSR count). The van der Waals surface area contributed by atoms with Gasteiger partial charge in [-0.05, 0) is 19.4 Å². The van der Waals surface area contributed by atoms with Crippen molar-refractivity contribution in [1.29, 1.82) is 0 Å². The summed E-state index contributed by atoms with van der Waals surface area (Å²) in [6.45, 7) is 5.43. The first-order chi connectivity index (χ1) is 17.7. The second-order valence-electron chi connectivity index (χ2n) is 11.1. The number of carboxylic acids is 1. The fourth-order valence-corrected chi connectivity index (χ4v) is 4.81. The lowest BCUT2D eigenvalue weighted by Gasteiger charge is -2.03. The summed E-state index contributed by atoms with van der Waals surface area (Å²) in [7, 11) is 0. The van der Waals surface area contributed by atoms with Crippen molar-refractivity contribution in [2.24, 2.45) is 5.73 Å². The first kappa shape index (κ1) is 37.6. The second-order valence-corrected chi connectivity index (χ2v) is 11.1. The van der Waals surface area contributed by atoms with Crippen LogP contribution in [-0.2, 0) is 4.79 Å². The third-order valence-electron chi connectivity index (χ3n) is 7.30. The lowest BCUT2D eigenvalue weighted by molar-refractivity contribution is -0.137. The molecule has 0 aromatic heterocycles. The molecule has 0 aromatic carbocycles. The smallest absolute Gasteiger partial charge is 0.303 e. The summed E-state index contributed by atoms with van der Waals surface area (Å²) in [5, 5.41) is 8.52. The largest absolute Gasteiger partial charge is 0.481 e. The van der Waals surface area contributed by atoms with Gasteiger partial charge in [-0.15, -0.1) is 0 Å². The van der Waals surface area contributed by atoms with E-state index in [0.717, 1.165) is 19.4 Å². The molecule has 0 atom stereocenters. The molecule has 0 aliphatic heterocycles. The molecule has 0 fully saturated rings. The van der Waals surface area contributed by atoms with Crippen LogP contribution in [0.4, 0.5) is 0 Å². The Labute approximate surface area is 228 Å². The quantitative estimate of drug-likeness (QED) is 0.0981. The van der Waals surface area contributed by atoms with Crippen molar-refractivity contribution in [1.82, 2.24) is 0 Å². The fraction of sp³-hybridized carbons (Fsp3) is 0.970. The highest BCUT2D eigenvalue weighted by Gasteiger charge is 1.97. The Hall–Kier alpha value is -0.570. The van der Waals surface area contributed by atoms with Gasteiger partial charge in [0.1, 0.15) is 0 Å². The van der Waals surface area contributed by atoms with Crippen molar-refractivity contribution in [3.05, 3.63) is 0 Å². The number of hydrogen-bond acceptors (Lipinski definition) is 2. The van der Waals surface area contributed by atoms with Crippen LogP contribution in [0.5, 0.6) is 0 Å². The summed E-state index contributed by atoms with van der Waals surface area (Å²) in [6.07, 6.45) is 38.6. The topological polar surface area (TPSA) is 63.3 Å². The van der Waals surface area contributed by atoms with Crippen molar-refractivity contribution in [3.8, 4) is 0 Å². The molecule has 0 amide bonds. The minimum atomic E-state index is -0.653. The van der Waals surface area contributed by atoms with Crippen molar-refractivity contribution >= 4 is 5.97 Å². The van der Waals surface area contributed by atoms with Gasteiger partial charge in [0.2, 0.25) is 0 Å². The van der Waals surface area contributed by atoms with Gasteiger partial charge in [-0.1, -0.05) is 181 Å². The molecular weight excluding hydrogens is 442 g/mol. The molecule has 0 unspecified atom stereocenters. The molecule has 3 heteroatoms. The molecular formula is C33H69NO2. The molecule has 0 saturated heterocycles. The average Bonchev–Trinajstić information content (AvgIpc) is 2.87. The first-order valence-corrected chi connectivity index (χ1v) is 16.6.